The van der Waals surface area contributed by atoms with Crippen molar-refractivity contribution in [3.8, 4) is 6.07 Å². The Morgan fingerprint density at radius 3 is 2.83 bits per heavy atom. The van der Waals surface area contributed by atoms with Crippen molar-refractivity contribution in [3.05, 3.63) is 35.4 Å². The number of ether oxygens (including phenoxy) is 1. The lowest BCUT2D eigenvalue weighted by Crippen LogP contribution is -2.28. The number of carbonyl (C=O) groups excluding carboxylic acids is 1. The fraction of sp³-hybridized carbons (Fsp3) is 0.429. The minimum Gasteiger partial charge on any atom is -0.383 e. The van der Waals surface area contributed by atoms with Crippen LogP contribution in [0.25, 0.3) is 0 Å². The Morgan fingerprint density at radius 1 is 1.50 bits per heavy atom. The predicted molar refractivity (Wildman–Crippen MR) is 69.0 cm³/mol. The number of benzene rings is 1. The Bertz CT molecular complexity index is 438. The molecule has 0 aliphatic carbocycles. The lowest BCUT2D eigenvalue weighted by atomic mass is 9.93. The van der Waals surface area contributed by atoms with E-state index in [0.717, 1.165) is 11.1 Å². The van der Waals surface area contributed by atoms with Gasteiger partial charge >= 0.3 is 0 Å². The quantitative estimate of drug-likeness (QED) is 0.778. The van der Waals surface area contributed by atoms with Crippen LogP contribution in [0.1, 0.15) is 23.5 Å². The van der Waals surface area contributed by atoms with Crippen LogP contribution in [0.4, 0.5) is 0 Å². The van der Waals surface area contributed by atoms with Gasteiger partial charge in [0, 0.05) is 20.1 Å². The summed E-state index contributed by atoms with van der Waals surface area (Å²) in [7, 11) is 1.58. The highest BCUT2D eigenvalue weighted by molar-refractivity contribution is 5.77. The third-order valence-corrected chi connectivity index (χ3v) is 2.74. The summed E-state index contributed by atoms with van der Waals surface area (Å²) in [6, 6.07) is 9.84. The number of nitriles is 1. The maximum Gasteiger partial charge on any atom is 0.221 e. The molecule has 0 heterocycles. The second-order valence-electron chi connectivity index (χ2n) is 4.09. The van der Waals surface area contributed by atoms with Gasteiger partial charge in [-0.1, -0.05) is 24.3 Å². The van der Waals surface area contributed by atoms with Gasteiger partial charge in [-0.2, -0.15) is 5.26 Å². The average molecular weight is 246 g/mol. The zero-order valence-electron chi connectivity index (χ0n) is 10.8. The summed E-state index contributed by atoms with van der Waals surface area (Å²) >= 11 is 0. The van der Waals surface area contributed by atoms with Gasteiger partial charge in [0.25, 0.3) is 0 Å². The van der Waals surface area contributed by atoms with Crippen molar-refractivity contribution in [2.45, 2.75) is 19.3 Å². The first-order chi connectivity index (χ1) is 8.69. The van der Waals surface area contributed by atoms with Crippen LogP contribution in [0, 0.1) is 18.3 Å². The lowest BCUT2D eigenvalue weighted by Gasteiger charge is -2.12. The van der Waals surface area contributed by atoms with Crippen LogP contribution in [0.2, 0.25) is 0 Å². The summed E-state index contributed by atoms with van der Waals surface area (Å²) < 4.78 is 4.85. The van der Waals surface area contributed by atoms with Crippen molar-refractivity contribution >= 4 is 5.91 Å². The molecule has 1 rings (SSSR count). The summed E-state index contributed by atoms with van der Waals surface area (Å²) in [6.45, 7) is 2.90. The number of rotatable bonds is 6. The molecule has 0 bridgehead atoms. The second-order valence-corrected chi connectivity index (χ2v) is 4.09. The lowest BCUT2D eigenvalue weighted by molar-refractivity contribution is -0.121. The Hall–Kier alpha value is -1.86. The van der Waals surface area contributed by atoms with Gasteiger partial charge in [0.05, 0.1) is 18.6 Å². The first kappa shape index (κ1) is 14.2. The SMILES string of the molecule is COCCNC(=O)CC(C#N)c1ccccc1C. The maximum atomic E-state index is 11.7. The first-order valence-electron chi connectivity index (χ1n) is 5.89. The predicted octanol–water partition coefficient (Wildman–Crippen LogP) is 1.75. The molecular weight excluding hydrogens is 228 g/mol. The fourth-order valence-electron chi connectivity index (χ4n) is 1.75. The zero-order valence-corrected chi connectivity index (χ0v) is 10.8. The van der Waals surface area contributed by atoms with Gasteiger partial charge in [0.2, 0.25) is 5.91 Å². The monoisotopic (exact) mass is 246 g/mol. The van der Waals surface area contributed by atoms with Crippen LogP contribution in [0.3, 0.4) is 0 Å². The van der Waals surface area contributed by atoms with Crippen LogP contribution in [-0.2, 0) is 9.53 Å². The molecule has 1 N–H and O–H groups in total. The summed E-state index contributed by atoms with van der Waals surface area (Å²) in [5.41, 5.74) is 1.95. The third-order valence-electron chi connectivity index (χ3n) is 2.74. The number of nitrogens with one attached hydrogen (secondary N) is 1. The van der Waals surface area contributed by atoms with Crippen LogP contribution in [0.15, 0.2) is 24.3 Å². The van der Waals surface area contributed by atoms with Crippen molar-refractivity contribution in [2.24, 2.45) is 0 Å². The Balaban J connectivity index is 2.61. The smallest absolute Gasteiger partial charge is 0.221 e. The maximum absolute atomic E-state index is 11.7. The average Bonchev–Trinajstić information content (AvgIpc) is 2.37. The number of methoxy groups -OCH3 is 1. The van der Waals surface area contributed by atoms with Crippen molar-refractivity contribution in [1.29, 1.82) is 5.26 Å². The summed E-state index contributed by atoms with van der Waals surface area (Å²) in [5, 5.41) is 11.9. The van der Waals surface area contributed by atoms with Gasteiger partial charge in [-0.15, -0.1) is 0 Å². The van der Waals surface area contributed by atoms with E-state index in [2.05, 4.69) is 11.4 Å². The molecule has 0 radical (unpaired) electrons. The molecular formula is C14H18N2O2. The zero-order chi connectivity index (χ0) is 13.4. The van der Waals surface area contributed by atoms with Crippen LogP contribution in [-0.4, -0.2) is 26.2 Å². The number of carbonyl (C=O) groups is 1. The molecule has 1 aromatic carbocycles. The number of amides is 1. The Labute approximate surface area is 108 Å². The molecule has 18 heavy (non-hydrogen) atoms. The third kappa shape index (κ3) is 4.19. The topological polar surface area (TPSA) is 62.1 Å². The summed E-state index contributed by atoms with van der Waals surface area (Å²) in [6.07, 6.45) is 0.186. The van der Waals surface area contributed by atoms with Gasteiger partial charge < -0.3 is 10.1 Å². The van der Waals surface area contributed by atoms with Crippen LogP contribution < -0.4 is 5.32 Å². The fourth-order valence-corrected chi connectivity index (χ4v) is 1.75. The molecule has 1 atom stereocenters. The molecule has 4 heteroatoms. The van der Waals surface area contributed by atoms with E-state index in [1.807, 2.05) is 31.2 Å². The van der Waals surface area contributed by atoms with Crippen molar-refractivity contribution < 1.29 is 9.53 Å². The normalized spacial score (nSPS) is 11.6. The van der Waals surface area contributed by atoms with E-state index >= 15 is 0 Å². The molecule has 1 amide bonds. The van der Waals surface area contributed by atoms with Gasteiger partial charge in [-0.25, -0.2) is 0 Å². The van der Waals surface area contributed by atoms with Crippen molar-refractivity contribution in [3.63, 3.8) is 0 Å². The van der Waals surface area contributed by atoms with E-state index in [0.29, 0.717) is 13.2 Å². The van der Waals surface area contributed by atoms with Gasteiger partial charge in [0.15, 0.2) is 0 Å². The van der Waals surface area contributed by atoms with Gasteiger partial charge in [-0.05, 0) is 18.1 Å². The highest BCUT2D eigenvalue weighted by Gasteiger charge is 2.16. The molecule has 96 valence electrons. The van der Waals surface area contributed by atoms with Crippen molar-refractivity contribution in [1.82, 2.24) is 5.32 Å². The van der Waals surface area contributed by atoms with E-state index in [4.69, 9.17) is 10.00 Å². The first-order valence-corrected chi connectivity index (χ1v) is 5.89. The molecule has 0 aliphatic rings. The van der Waals surface area contributed by atoms with Crippen molar-refractivity contribution in [2.75, 3.05) is 20.3 Å². The summed E-state index contributed by atoms with van der Waals surface area (Å²) in [5.74, 6) is -0.518. The number of nitrogens with zero attached hydrogens (tertiary/aromatic N) is 1. The number of aryl methyl sites for hydroxylation is 1. The van der Waals surface area contributed by atoms with Gasteiger partial charge in [0.1, 0.15) is 0 Å². The molecule has 1 unspecified atom stereocenters. The largest absolute Gasteiger partial charge is 0.383 e. The molecule has 0 fully saturated rings. The summed E-state index contributed by atoms with van der Waals surface area (Å²) in [4.78, 5) is 11.7. The highest BCUT2D eigenvalue weighted by atomic mass is 16.5. The Morgan fingerprint density at radius 2 is 2.22 bits per heavy atom. The molecule has 0 aliphatic heterocycles. The minimum absolute atomic E-state index is 0.123. The highest BCUT2D eigenvalue weighted by Crippen LogP contribution is 2.22. The molecule has 0 saturated heterocycles. The van der Waals surface area contributed by atoms with E-state index in [1.165, 1.54) is 0 Å². The molecule has 0 saturated carbocycles. The second kappa shape index (κ2) is 7.46. The number of hydrogen-bond donors (Lipinski definition) is 1. The molecule has 0 aromatic heterocycles. The van der Waals surface area contributed by atoms with Crippen LogP contribution >= 0.6 is 0 Å². The van der Waals surface area contributed by atoms with E-state index in [-0.39, 0.29) is 12.3 Å². The van der Waals surface area contributed by atoms with E-state index in [9.17, 15) is 4.79 Å². The number of hydrogen-bond acceptors (Lipinski definition) is 3. The van der Waals surface area contributed by atoms with Gasteiger partial charge in [-0.3, -0.25) is 4.79 Å². The molecule has 1 aromatic rings. The molecule has 4 nitrogen and oxygen atoms in total. The Kier molecular flexibility index (Phi) is 5.89. The molecule has 0 spiro atoms. The van der Waals surface area contributed by atoms with E-state index < -0.39 is 5.92 Å². The standard InChI is InChI=1S/C14H18N2O2/c1-11-5-3-4-6-13(11)12(10-15)9-14(17)16-7-8-18-2/h3-6,12H,7-9H2,1-2H3,(H,16,17). The van der Waals surface area contributed by atoms with Crippen LogP contribution in [0.5, 0.6) is 0 Å². The minimum atomic E-state index is -0.395. The van der Waals surface area contributed by atoms with E-state index in [1.54, 1.807) is 7.11 Å².